The molecular weight excluding hydrogens is 238 g/mol. The number of benzene rings is 1. The van der Waals surface area contributed by atoms with Crippen molar-refractivity contribution in [3.05, 3.63) is 42.6 Å². The zero-order valence-electron chi connectivity index (χ0n) is 10.7. The number of aromatic nitrogens is 2. The number of aliphatic hydroxyl groups is 1. The van der Waals surface area contributed by atoms with Crippen molar-refractivity contribution < 1.29 is 5.11 Å². The first-order chi connectivity index (χ1) is 9.38. The van der Waals surface area contributed by atoms with Gasteiger partial charge < -0.3 is 10.0 Å². The van der Waals surface area contributed by atoms with Crippen molar-refractivity contribution in [1.29, 1.82) is 0 Å². The average molecular weight is 255 g/mol. The first kappa shape index (κ1) is 12.1. The number of nitrogens with zero attached hydrogens (tertiary/aromatic N) is 3. The smallest absolute Gasteiger partial charge is 0.161 e. The van der Waals surface area contributed by atoms with Gasteiger partial charge in [0.25, 0.3) is 0 Å². The molecule has 0 saturated carbocycles. The lowest BCUT2D eigenvalue weighted by Gasteiger charge is -2.24. The van der Waals surface area contributed by atoms with E-state index >= 15 is 0 Å². The maximum atomic E-state index is 9.40. The predicted molar refractivity (Wildman–Crippen MR) is 74.9 cm³/mol. The Bertz CT molecular complexity index is 544. The van der Waals surface area contributed by atoms with Crippen LogP contribution < -0.4 is 4.90 Å². The third-order valence-electron chi connectivity index (χ3n) is 3.56. The summed E-state index contributed by atoms with van der Waals surface area (Å²) >= 11 is 0. The van der Waals surface area contributed by atoms with Crippen LogP contribution in [0.3, 0.4) is 0 Å². The highest BCUT2D eigenvalue weighted by Gasteiger charge is 2.25. The molecule has 0 unspecified atom stereocenters. The quantitative estimate of drug-likeness (QED) is 0.912. The fourth-order valence-corrected chi connectivity index (χ4v) is 2.56. The van der Waals surface area contributed by atoms with Crippen molar-refractivity contribution in [3.8, 4) is 11.4 Å². The standard InChI is InChI=1S/C15H17N3O/c19-11-13-7-4-10-18(13)14-8-9-16-15(17-14)12-5-2-1-3-6-12/h1-3,5-6,8-9,13,19H,4,7,10-11H2/t13-/m1/s1. The minimum atomic E-state index is 0.185. The monoisotopic (exact) mass is 255 g/mol. The van der Waals surface area contributed by atoms with Gasteiger partial charge in [0, 0.05) is 18.3 Å². The molecule has 98 valence electrons. The van der Waals surface area contributed by atoms with Crippen molar-refractivity contribution in [2.75, 3.05) is 18.1 Å². The second-order valence-corrected chi connectivity index (χ2v) is 4.78. The van der Waals surface area contributed by atoms with Gasteiger partial charge >= 0.3 is 0 Å². The Morgan fingerprint density at radius 3 is 2.84 bits per heavy atom. The van der Waals surface area contributed by atoms with Gasteiger partial charge in [0.1, 0.15) is 5.82 Å². The Kier molecular flexibility index (Phi) is 3.42. The van der Waals surface area contributed by atoms with Crippen molar-refractivity contribution in [1.82, 2.24) is 9.97 Å². The highest BCUT2D eigenvalue weighted by atomic mass is 16.3. The second-order valence-electron chi connectivity index (χ2n) is 4.78. The Morgan fingerprint density at radius 1 is 1.21 bits per heavy atom. The zero-order valence-corrected chi connectivity index (χ0v) is 10.7. The van der Waals surface area contributed by atoms with E-state index in [1.165, 1.54) is 0 Å². The molecule has 1 fully saturated rings. The van der Waals surface area contributed by atoms with E-state index in [2.05, 4.69) is 14.9 Å². The molecule has 1 atom stereocenters. The van der Waals surface area contributed by atoms with Gasteiger partial charge in [-0.2, -0.15) is 0 Å². The minimum Gasteiger partial charge on any atom is -0.394 e. The summed E-state index contributed by atoms with van der Waals surface area (Å²) in [5.74, 6) is 1.65. The molecule has 1 N–H and O–H groups in total. The maximum Gasteiger partial charge on any atom is 0.161 e. The van der Waals surface area contributed by atoms with Crippen molar-refractivity contribution in [2.24, 2.45) is 0 Å². The Morgan fingerprint density at radius 2 is 2.05 bits per heavy atom. The molecule has 1 aliphatic heterocycles. The van der Waals surface area contributed by atoms with Gasteiger partial charge in [0.2, 0.25) is 0 Å². The number of hydrogen-bond acceptors (Lipinski definition) is 4. The van der Waals surface area contributed by atoms with E-state index in [4.69, 9.17) is 0 Å². The van der Waals surface area contributed by atoms with Crippen LogP contribution in [0.4, 0.5) is 5.82 Å². The van der Waals surface area contributed by atoms with Gasteiger partial charge in [-0.05, 0) is 18.9 Å². The molecule has 4 heteroatoms. The summed E-state index contributed by atoms with van der Waals surface area (Å²) in [7, 11) is 0. The van der Waals surface area contributed by atoms with Gasteiger partial charge in [-0.1, -0.05) is 30.3 Å². The van der Waals surface area contributed by atoms with Crippen LogP contribution >= 0.6 is 0 Å². The van der Waals surface area contributed by atoms with Gasteiger partial charge in [0.15, 0.2) is 5.82 Å². The van der Waals surface area contributed by atoms with E-state index in [0.29, 0.717) is 0 Å². The summed E-state index contributed by atoms with van der Waals surface area (Å²) < 4.78 is 0. The molecule has 0 aliphatic carbocycles. The van der Waals surface area contributed by atoms with Crippen LogP contribution in [0.1, 0.15) is 12.8 Å². The number of rotatable bonds is 3. The van der Waals surface area contributed by atoms with Crippen LogP contribution in [-0.4, -0.2) is 34.3 Å². The first-order valence-electron chi connectivity index (χ1n) is 6.64. The summed E-state index contributed by atoms with van der Waals surface area (Å²) in [4.78, 5) is 11.1. The summed E-state index contributed by atoms with van der Waals surface area (Å²) in [6, 6.07) is 12.1. The lowest BCUT2D eigenvalue weighted by molar-refractivity contribution is 0.266. The third-order valence-corrected chi connectivity index (χ3v) is 3.56. The fraction of sp³-hybridized carbons (Fsp3) is 0.333. The van der Waals surface area contributed by atoms with E-state index in [1.807, 2.05) is 36.4 Å². The first-order valence-corrected chi connectivity index (χ1v) is 6.64. The lowest BCUT2D eigenvalue weighted by atomic mass is 10.2. The predicted octanol–water partition coefficient (Wildman–Crippen LogP) is 2.10. The molecule has 0 radical (unpaired) electrons. The molecular formula is C15H17N3O. The Hall–Kier alpha value is -1.94. The molecule has 19 heavy (non-hydrogen) atoms. The van der Waals surface area contributed by atoms with Gasteiger partial charge in [-0.3, -0.25) is 0 Å². The summed E-state index contributed by atoms with van der Waals surface area (Å²) in [5, 5.41) is 9.40. The molecule has 2 heterocycles. The molecule has 1 aromatic carbocycles. The van der Waals surface area contributed by atoms with E-state index in [9.17, 15) is 5.11 Å². The third kappa shape index (κ3) is 2.44. The molecule has 1 aromatic heterocycles. The number of hydrogen-bond donors (Lipinski definition) is 1. The number of aliphatic hydroxyl groups excluding tert-OH is 1. The van der Waals surface area contributed by atoms with Gasteiger partial charge in [-0.15, -0.1) is 0 Å². The molecule has 0 bridgehead atoms. The topological polar surface area (TPSA) is 49.2 Å². The molecule has 1 saturated heterocycles. The molecule has 1 aliphatic rings. The van der Waals surface area contributed by atoms with E-state index in [-0.39, 0.29) is 12.6 Å². The normalized spacial score (nSPS) is 18.8. The molecule has 4 nitrogen and oxygen atoms in total. The van der Waals surface area contributed by atoms with Crippen LogP contribution in [0.15, 0.2) is 42.6 Å². The van der Waals surface area contributed by atoms with Crippen molar-refractivity contribution in [3.63, 3.8) is 0 Å². The lowest BCUT2D eigenvalue weighted by Crippen LogP contribution is -2.32. The molecule has 0 amide bonds. The molecule has 2 aromatic rings. The van der Waals surface area contributed by atoms with Crippen LogP contribution in [0, 0.1) is 0 Å². The van der Waals surface area contributed by atoms with Crippen LogP contribution in [-0.2, 0) is 0 Å². The van der Waals surface area contributed by atoms with Crippen molar-refractivity contribution in [2.45, 2.75) is 18.9 Å². The largest absolute Gasteiger partial charge is 0.394 e. The molecule has 3 rings (SSSR count). The highest BCUT2D eigenvalue weighted by Crippen LogP contribution is 2.25. The van der Waals surface area contributed by atoms with E-state index in [0.717, 1.165) is 36.6 Å². The summed E-state index contributed by atoms with van der Waals surface area (Å²) in [6.07, 6.45) is 3.93. The van der Waals surface area contributed by atoms with Crippen LogP contribution in [0.2, 0.25) is 0 Å². The second kappa shape index (κ2) is 5.36. The van der Waals surface area contributed by atoms with Gasteiger partial charge in [0.05, 0.1) is 12.6 Å². The maximum absolute atomic E-state index is 9.40. The number of anilines is 1. The van der Waals surface area contributed by atoms with Gasteiger partial charge in [-0.25, -0.2) is 9.97 Å². The highest BCUT2D eigenvalue weighted by molar-refractivity contribution is 5.57. The average Bonchev–Trinajstić information content (AvgIpc) is 2.97. The summed E-state index contributed by atoms with van der Waals surface area (Å²) in [5.41, 5.74) is 1.02. The van der Waals surface area contributed by atoms with Crippen LogP contribution in [0.5, 0.6) is 0 Å². The van der Waals surface area contributed by atoms with E-state index in [1.54, 1.807) is 6.20 Å². The van der Waals surface area contributed by atoms with Crippen molar-refractivity contribution >= 4 is 5.82 Å². The summed E-state index contributed by atoms with van der Waals surface area (Å²) in [6.45, 7) is 1.14. The SMILES string of the molecule is OC[C@H]1CCCN1c1ccnc(-c2ccccc2)n1. The Balaban J connectivity index is 1.92. The Labute approximate surface area is 112 Å². The minimum absolute atomic E-state index is 0.185. The van der Waals surface area contributed by atoms with Crippen LogP contribution in [0.25, 0.3) is 11.4 Å². The molecule has 0 spiro atoms. The zero-order chi connectivity index (χ0) is 13.1. The fourth-order valence-electron chi connectivity index (χ4n) is 2.56. The van der Waals surface area contributed by atoms with E-state index < -0.39 is 0 Å².